The number of rotatable bonds is 5. The molecule has 0 aliphatic carbocycles. The third-order valence-corrected chi connectivity index (χ3v) is 3.93. The molecule has 0 radical (unpaired) electrons. The summed E-state index contributed by atoms with van der Waals surface area (Å²) in [6.45, 7) is 4.43. The summed E-state index contributed by atoms with van der Waals surface area (Å²) in [4.78, 5) is 0. The lowest BCUT2D eigenvalue weighted by Gasteiger charge is -2.10. The van der Waals surface area contributed by atoms with Gasteiger partial charge in [-0.2, -0.15) is 0 Å². The summed E-state index contributed by atoms with van der Waals surface area (Å²) < 4.78 is 10.9. The number of nitrogens with one attached hydrogen (secondary N) is 1. The first-order valence-corrected chi connectivity index (χ1v) is 7.92. The van der Waals surface area contributed by atoms with Crippen LogP contribution in [0.2, 0.25) is 5.02 Å². The number of anilines is 1. The first kappa shape index (κ1) is 16.3. The lowest BCUT2D eigenvalue weighted by molar-refractivity contribution is 0.414. The van der Waals surface area contributed by atoms with Crippen LogP contribution in [0.4, 0.5) is 5.69 Å². The molecule has 3 rings (SSSR count). The Labute approximate surface area is 145 Å². The van der Waals surface area contributed by atoms with Crippen molar-refractivity contribution in [2.24, 2.45) is 0 Å². The molecule has 24 heavy (non-hydrogen) atoms. The zero-order valence-electron chi connectivity index (χ0n) is 13.8. The molecule has 6 heteroatoms. The Bertz CT molecular complexity index is 838. The number of ether oxygens (including phenoxy) is 1. The van der Waals surface area contributed by atoms with Gasteiger partial charge in [0.2, 0.25) is 11.8 Å². The van der Waals surface area contributed by atoms with Gasteiger partial charge >= 0.3 is 0 Å². The van der Waals surface area contributed by atoms with E-state index < -0.39 is 0 Å². The van der Waals surface area contributed by atoms with E-state index in [1.165, 1.54) is 0 Å². The van der Waals surface area contributed by atoms with Gasteiger partial charge in [-0.1, -0.05) is 23.7 Å². The fourth-order valence-electron chi connectivity index (χ4n) is 2.50. The molecule has 0 saturated carbocycles. The van der Waals surface area contributed by atoms with Crippen LogP contribution in [0.5, 0.6) is 5.75 Å². The second-order valence-corrected chi connectivity index (χ2v) is 5.93. The van der Waals surface area contributed by atoms with Gasteiger partial charge in [-0.3, -0.25) is 0 Å². The lowest BCUT2D eigenvalue weighted by Crippen LogP contribution is -2.02. The number of halogens is 1. The monoisotopic (exact) mass is 343 g/mol. The molecule has 0 bridgehead atoms. The molecular formula is C18H18ClN3O2. The maximum atomic E-state index is 6.29. The molecule has 0 atom stereocenters. The van der Waals surface area contributed by atoms with Gasteiger partial charge in [-0.05, 0) is 49.2 Å². The second kappa shape index (κ2) is 6.93. The highest BCUT2D eigenvalue weighted by Crippen LogP contribution is 2.28. The van der Waals surface area contributed by atoms with Gasteiger partial charge in [0.05, 0.1) is 24.4 Å². The van der Waals surface area contributed by atoms with Crippen LogP contribution in [0.15, 0.2) is 40.8 Å². The largest absolute Gasteiger partial charge is 0.497 e. The van der Waals surface area contributed by atoms with E-state index in [1.807, 2.05) is 44.2 Å². The van der Waals surface area contributed by atoms with Crippen LogP contribution in [0.1, 0.15) is 17.0 Å². The topological polar surface area (TPSA) is 60.2 Å². The van der Waals surface area contributed by atoms with E-state index in [0.717, 1.165) is 28.1 Å². The second-order valence-electron chi connectivity index (χ2n) is 5.53. The normalized spacial score (nSPS) is 10.7. The van der Waals surface area contributed by atoms with E-state index in [0.29, 0.717) is 23.3 Å². The van der Waals surface area contributed by atoms with Crippen LogP contribution >= 0.6 is 11.6 Å². The van der Waals surface area contributed by atoms with Crippen molar-refractivity contribution in [1.29, 1.82) is 0 Å². The van der Waals surface area contributed by atoms with E-state index in [9.17, 15) is 0 Å². The summed E-state index contributed by atoms with van der Waals surface area (Å²) in [5.74, 6) is 1.69. The van der Waals surface area contributed by atoms with Crippen LogP contribution in [-0.4, -0.2) is 17.3 Å². The Morgan fingerprint density at radius 2 is 2.00 bits per heavy atom. The van der Waals surface area contributed by atoms with Gasteiger partial charge < -0.3 is 14.5 Å². The van der Waals surface area contributed by atoms with Crippen molar-refractivity contribution in [3.8, 4) is 17.2 Å². The minimum absolute atomic E-state index is 0.403. The van der Waals surface area contributed by atoms with Crippen LogP contribution < -0.4 is 10.1 Å². The van der Waals surface area contributed by atoms with Crippen molar-refractivity contribution in [3.63, 3.8) is 0 Å². The van der Waals surface area contributed by atoms with Crippen molar-refractivity contribution in [2.45, 2.75) is 20.4 Å². The molecule has 0 fully saturated rings. The number of benzene rings is 2. The Morgan fingerprint density at radius 1 is 1.17 bits per heavy atom. The zero-order valence-corrected chi connectivity index (χ0v) is 14.5. The minimum atomic E-state index is 0.403. The van der Waals surface area contributed by atoms with E-state index in [1.54, 1.807) is 7.11 Å². The Hall–Kier alpha value is -2.53. The molecule has 0 aliphatic rings. The summed E-state index contributed by atoms with van der Waals surface area (Å²) in [5.41, 5.74) is 3.90. The van der Waals surface area contributed by atoms with Gasteiger partial charge in [0.25, 0.3) is 0 Å². The molecule has 2 aromatic carbocycles. The molecular weight excluding hydrogens is 326 g/mol. The number of aromatic nitrogens is 2. The number of methoxy groups -OCH3 is 1. The van der Waals surface area contributed by atoms with E-state index in [4.69, 9.17) is 20.8 Å². The quantitative estimate of drug-likeness (QED) is 0.732. The summed E-state index contributed by atoms with van der Waals surface area (Å²) in [6.07, 6.45) is 0. The number of hydrogen-bond acceptors (Lipinski definition) is 5. The fourth-order valence-corrected chi connectivity index (χ4v) is 2.89. The van der Waals surface area contributed by atoms with Crippen molar-refractivity contribution < 1.29 is 9.15 Å². The number of aryl methyl sites for hydroxylation is 2. The van der Waals surface area contributed by atoms with Gasteiger partial charge in [-0.15, -0.1) is 10.2 Å². The standard InChI is InChI=1S/C18H18ClN3O2/c1-11-7-12(2)17(15(19)8-11)20-10-16-21-22-18(24-16)13-5-4-6-14(9-13)23-3/h4-9,20H,10H2,1-3H3. The summed E-state index contributed by atoms with van der Waals surface area (Å²) in [7, 11) is 1.62. The lowest BCUT2D eigenvalue weighted by atomic mass is 10.1. The Kier molecular flexibility index (Phi) is 4.71. The molecule has 0 spiro atoms. The maximum Gasteiger partial charge on any atom is 0.247 e. The SMILES string of the molecule is COc1cccc(-c2nnc(CNc3c(C)cc(C)cc3Cl)o2)c1. The predicted molar refractivity (Wildman–Crippen MR) is 94.5 cm³/mol. The summed E-state index contributed by atoms with van der Waals surface area (Å²) in [5, 5.41) is 12.1. The molecule has 1 aromatic heterocycles. The molecule has 5 nitrogen and oxygen atoms in total. The van der Waals surface area contributed by atoms with Crippen LogP contribution in [0.3, 0.4) is 0 Å². The van der Waals surface area contributed by atoms with Crippen molar-refractivity contribution in [1.82, 2.24) is 10.2 Å². The first-order valence-electron chi connectivity index (χ1n) is 7.54. The summed E-state index contributed by atoms with van der Waals surface area (Å²) >= 11 is 6.29. The molecule has 124 valence electrons. The number of nitrogens with zero attached hydrogens (tertiary/aromatic N) is 2. The average Bonchev–Trinajstić information content (AvgIpc) is 3.03. The van der Waals surface area contributed by atoms with Crippen LogP contribution in [0, 0.1) is 13.8 Å². The molecule has 1 N–H and O–H groups in total. The first-order chi connectivity index (χ1) is 11.6. The maximum absolute atomic E-state index is 6.29. The van der Waals surface area contributed by atoms with Crippen molar-refractivity contribution in [2.75, 3.05) is 12.4 Å². The predicted octanol–water partition coefficient (Wildman–Crippen LogP) is 4.63. The van der Waals surface area contributed by atoms with E-state index in [2.05, 4.69) is 21.6 Å². The van der Waals surface area contributed by atoms with Crippen molar-refractivity contribution >= 4 is 17.3 Å². The molecule has 0 amide bonds. The Balaban J connectivity index is 1.75. The van der Waals surface area contributed by atoms with Crippen molar-refractivity contribution in [3.05, 3.63) is 58.4 Å². The molecule has 0 unspecified atom stereocenters. The molecule has 1 heterocycles. The number of hydrogen-bond donors (Lipinski definition) is 1. The highest BCUT2D eigenvalue weighted by molar-refractivity contribution is 6.33. The fraction of sp³-hybridized carbons (Fsp3) is 0.222. The van der Waals surface area contributed by atoms with Crippen LogP contribution in [0.25, 0.3) is 11.5 Å². The van der Waals surface area contributed by atoms with Gasteiger partial charge in [0.1, 0.15) is 5.75 Å². The van der Waals surface area contributed by atoms with Gasteiger partial charge in [0, 0.05) is 5.56 Å². The van der Waals surface area contributed by atoms with Gasteiger partial charge in [0.15, 0.2) is 0 Å². The highest BCUT2D eigenvalue weighted by atomic mass is 35.5. The van der Waals surface area contributed by atoms with Crippen LogP contribution in [-0.2, 0) is 6.54 Å². The minimum Gasteiger partial charge on any atom is -0.497 e. The third kappa shape index (κ3) is 3.51. The molecule has 0 saturated heterocycles. The van der Waals surface area contributed by atoms with Gasteiger partial charge in [-0.25, -0.2) is 0 Å². The third-order valence-electron chi connectivity index (χ3n) is 3.63. The molecule has 3 aromatic rings. The van der Waals surface area contributed by atoms with E-state index >= 15 is 0 Å². The highest BCUT2D eigenvalue weighted by Gasteiger charge is 2.11. The smallest absolute Gasteiger partial charge is 0.247 e. The van der Waals surface area contributed by atoms with E-state index in [-0.39, 0.29) is 0 Å². The average molecular weight is 344 g/mol. The summed E-state index contributed by atoms with van der Waals surface area (Å²) in [6, 6.07) is 11.5. The Morgan fingerprint density at radius 3 is 2.75 bits per heavy atom. The zero-order chi connectivity index (χ0) is 17.1. The molecule has 0 aliphatic heterocycles.